The van der Waals surface area contributed by atoms with Crippen molar-refractivity contribution in [1.82, 2.24) is 14.9 Å². The molecular weight excluding hydrogens is 289 g/mol. The van der Waals surface area contributed by atoms with Crippen molar-refractivity contribution in [3.8, 4) is 11.6 Å². The average Bonchev–Trinajstić information content (AvgIpc) is 2.95. The Kier molecular flexibility index (Phi) is 3.86. The van der Waals surface area contributed by atoms with Crippen LogP contribution in [0, 0.1) is 5.95 Å². The van der Waals surface area contributed by atoms with Gasteiger partial charge in [-0.3, -0.25) is 4.79 Å². The lowest BCUT2D eigenvalue weighted by atomic mass is 10.3. The molecule has 0 bridgehead atoms. The first-order valence-electron chi connectivity index (χ1n) is 6.86. The topological polar surface area (TPSA) is 75.5 Å². The van der Waals surface area contributed by atoms with E-state index in [1.807, 2.05) is 0 Å². The standard InChI is InChI=1S/C15H14FN3O3/c16-12-4-1-5-13(18-12)22-10-6-8-19(9-10)15(21)14-11(20)3-2-7-17-14/h1-5,7,10,20H,6,8-9H2. The van der Waals surface area contributed by atoms with Gasteiger partial charge in [0.2, 0.25) is 11.8 Å². The lowest BCUT2D eigenvalue weighted by Gasteiger charge is -2.16. The van der Waals surface area contributed by atoms with E-state index in [1.54, 1.807) is 17.0 Å². The molecule has 7 heteroatoms. The van der Waals surface area contributed by atoms with Crippen molar-refractivity contribution < 1.29 is 19.0 Å². The zero-order valence-corrected chi connectivity index (χ0v) is 11.6. The monoisotopic (exact) mass is 303 g/mol. The van der Waals surface area contributed by atoms with E-state index in [-0.39, 0.29) is 29.3 Å². The summed E-state index contributed by atoms with van der Waals surface area (Å²) in [6, 6.07) is 7.29. The van der Waals surface area contributed by atoms with Crippen LogP contribution in [-0.2, 0) is 0 Å². The van der Waals surface area contributed by atoms with Gasteiger partial charge in [0.1, 0.15) is 11.9 Å². The number of pyridine rings is 2. The average molecular weight is 303 g/mol. The Bertz CT molecular complexity index is 695. The molecular formula is C15H14FN3O3. The van der Waals surface area contributed by atoms with E-state index in [9.17, 15) is 14.3 Å². The second kappa shape index (κ2) is 5.97. The number of ether oxygens (including phenoxy) is 1. The van der Waals surface area contributed by atoms with E-state index in [0.29, 0.717) is 19.5 Å². The first-order chi connectivity index (χ1) is 10.6. The summed E-state index contributed by atoms with van der Waals surface area (Å²) in [5, 5.41) is 9.68. The molecule has 0 radical (unpaired) electrons. The molecule has 1 N–H and O–H groups in total. The maximum atomic E-state index is 13.0. The molecule has 0 aliphatic carbocycles. The molecule has 1 aliphatic heterocycles. The Morgan fingerprint density at radius 3 is 3.00 bits per heavy atom. The molecule has 0 spiro atoms. The Labute approximate surface area is 126 Å². The Balaban J connectivity index is 1.65. The molecule has 2 aromatic rings. The van der Waals surface area contributed by atoms with E-state index in [4.69, 9.17) is 4.74 Å². The molecule has 114 valence electrons. The molecule has 0 aromatic carbocycles. The molecule has 1 amide bonds. The third kappa shape index (κ3) is 2.98. The Morgan fingerprint density at radius 2 is 2.23 bits per heavy atom. The smallest absolute Gasteiger partial charge is 0.276 e. The highest BCUT2D eigenvalue weighted by Gasteiger charge is 2.30. The Morgan fingerprint density at radius 1 is 1.36 bits per heavy atom. The number of amides is 1. The number of halogens is 1. The summed E-state index contributed by atoms with van der Waals surface area (Å²) >= 11 is 0. The van der Waals surface area contributed by atoms with Crippen LogP contribution in [0.5, 0.6) is 11.6 Å². The highest BCUT2D eigenvalue weighted by atomic mass is 19.1. The van der Waals surface area contributed by atoms with E-state index in [1.165, 1.54) is 24.4 Å². The maximum Gasteiger partial charge on any atom is 0.276 e. The van der Waals surface area contributed by atoms with Crippen LogP contribution in [-0.4, -0.2) is 45.1 Å². The van der Waals surface area contributed by atoms with Crippen molar-refractivity contribution in [2.45, 2.75) is 12.5 Å². The number of aromatic hydroxyl groups is 1. The molecule has 22 heavy (non-hydrogen) atoms. The fraction of sp³-hybridized carbons (Fsp3) is 0.267. The Hall–Kier alpha value is -2.70. The van der Waals surface area contributed by atoms with Crippen molar-refractivity contribution >= 4 is 5.91 Å². The molecule has 1 fully saturated rings. The number of rotatable bonds is 3. The SMILES string of the molecule is O=C(c1ncccc1O)N1CCC(Oc2cccc(F)n2)C1. The van der Waals surface area contributed by atoms with Gasteiger partial charge in [0.25, 0.3) is 5.91 Å². The van der Waals surface area contributed by atoms with Gasteiger partial charge in [-0.25, -0.2) is 4.98 Å². The van der Waals surface area contributed by atoms with Crippen molar-refractivity contribution in [2.24, 2.45) is 0 Å². The largest absolute Gasteiger partial charge is 0.505 e. The summed E-state index contributed by atoms with van der Waals surface area (Å²) in [5.74, 6) is -0.915. The fourth-order valence-corrected chi connectivity index (χ4v) is 2.35. The van der Waals surface area contributed by atoms with Crippen molar-refractivity contribution in [3.05, 3.63) is 48.2 Å². The summed E-state index contributed by atoms with van der Waals surface area (Å²) in [4.78, 5) is 21.4. The zero-order chi connectivity index (χ0) is 15.5. The summed E-state index contributed by atoms with van der Waals surface area (Å²) in [6.07, 6.45) is 1.80. The number of nitrogens with zero attached hydrogens (tertiary/aromatic N) is 3. The van der Waals surface area contributed by atoms with Crippen molar-refractivity contribution in [2.75, 3.05) is 13.1 Å². The number of likely N-dealkylation sites (tertiary alicyclic amines) is 1. The number of aromatic nitrogens is 2. The van der Waals surface area contributed by atoms with Gasteiger partial charge >= 0.3 is 0 Å². The van der Waals surface area contributed by atoms with Crippen LogP contribution in [0.4, 0.5) is 4.39 Å². The van der Waals surface area contributed by atoms with Crippen LogP contribution in [0.15, 0.2) is 36.5 Å². The molecule has 6 nitrogen and oxygen atoms in total. The summed E-state index contributed by atoms with van der Waals surface area (Å²) < 4.78 is 18.6. The van der Waals surface area contributed by atoms with E-state index < -0.39 is 5.95 Å². The minimum atomic E-state index is -0.609. The van der Waals surface area contributed by atoms with Crippen LogP contribution in [0.2, 0.25) is 0 Å². The molecule has 2 aromatic heterocycles. The van der Waals surface area contributed by atoms with E-state index in [2.05, 4.69) is 9.97 Å². The van der Waals surface area contributed by atoms with Crippen molar-refractivity contribution in [1.29, 1.82) is 0 Å². The zero-order valence-electron chi connectivity index (χ0n) is 11.6. The van der Waals surface area contributed by atoms with Gasteiger partial charge in [0.15, 0.2) is 5.69 Å². The normalized spacial score (nSPS) is 17.5. The highest BCUT2D eigenvalue weighted by Crippen LogP contribution is 2.21. The third-order valence-corrected chi connectivity index (χ3v) is 3.40. The highest BCUT2D eigenvalue weighted by molar-refractivity contribution is 5.94. The first-order valence-corrected chi connectivity index (χ1v) is 6.86. The quantitative estimate of drug-likeness (QED) is 0.872. The van der Waals surface area contributed by atoms with Gasteiger partial charge in [-0.2, -0.15) is 9.37 Å². The molecule has 1 aliphatic rings. The van der Waals surface area contributed by atoms with E-state index >= 15 is 0 Å². The molecule has 1 unspecified atom stereocenters. The van der Waals surface area contributed by atoms with Crippen LogP contribution < -0.4 is 4.74 Å². The number of carbonyl (C=O) groups is 1. The number of hydrogen-bond acceptors (Lipinski definition) is 5. The predicted octanol–water partition coefficient (Wildman–Crippen LogP) is 1.61. The molecule has 1 saturated heterocycles. The molecule has 3 rings (SSSR count). The van der Waals surface area contributed by atoms with Gasteiger partial charge in [-0.05, 0) is 18.2 Å². The molecule has 3 heterocycles. The predicted molar refractivity (Wildman–Crippen MR) is 75.0 cm³/mol. The van der Waals surface area contributed by atoms with Crippen molar-refractivity contribution in [3.63, 3.8) is 0 Å². The summed E-state index contributed by atoms with van der Waals surface area (Å²) in [5.41, 5.74) is 0.0204. The summed E-state index contributed by atoms with van der Waals surface area (Å²) in [6.45, 7) is 0.821. The van der Waals surface area contributed by atoms with Crippen LogP contribution in [0.3, 0.4) is 0 Å². The first kappa shape index (κ1) is 14.2. The van der Waals surface area contributed by atoms with Gasteiger partial charge in [0, 0.05) is 25.2 Å². The fourth-order valence-electron chi connectivity index (χ4n) is 2.35. The molecule has 1 atom stereocenters. The second-order valence-corrected chi connectivity index (χ2v) is 4.95. The number of hydrogen-bond donors (Lipinski definition) is 1. The van der Waals surface area contributed by atoms with Crippen LogP contribution >= 0.6 is 0 Å². The van der Waals surface area contributed by atoms with E-state index in [0.717, 1.165) is 0 Å². The maximum absolute atomic E-state index is 13.0. The van der Waals surface area contributed by atoms with Crippen LogP contribution in [0.1, 0.15) is 16.9 Å². The lowest BCUT2D eigenvalue weighted by Crippen LogP contribution is -2.31. The molecule has 0 saturated carbocycles. The minimum absolute atomic E-state index is 0.0204. The lowest BCUT2D eigenvalue weighted by molar-refractivity contribution is 0.0761. The van der Waals surface area contributed by atoms with Gasteiger partial charge < -0.3 is 14.7 Å². The minimum Gasteiger partial charge on any atom is -0.505 e. The van der Waals surface area contributed by atoms with Gasteiger partial charge in [-0.1, -0.05) is 6.07 Å². The van der Waals surface area contributed by atoms with Gasteiger partial charge in [-0.15, -0.1) is 0 Å². The number of carbonyl (C=O) groups excluding carboxylic acids is 1. The van der Waals surface area contributed by atoms with Gasteiger partial charge in [0.05, 0.1) is 6.54 Å². The second-order valence-electron chi connectivity index (χ2n) is 4.95. The third-order valence-electron chi connectivity index (χ3n) is 3.40. The summed E-state index contributed by atoms with van der Waals surface area (Å²) in [7, 11) is 0. The van der Waals surface area contributed by atoms with Crippen LogP contribution in [0.25, 0.3) is 0 Å².